The molecule has 1 aliphatic carbocycles. The molecule has 1 aromatic heterocycles. The molecule has 0 radical (unpaired) electrons. The molecule has 2 aromatic carbocycles. The summed E-state index contributed by atoms with van der Waals surface area (Å²) >= 11 is 0. The molecule has 10 nitrogen and oxygen atoms in total. The number of carbonyl (C=O) groups excluding carboxylic acids is 2. The van der Waals surface area contributed by atoms with E-state index in [4.69, 9.17) is 20.3 Å². The molecular formula is C29H34N6O4. The van der Waals surface area contributed by atoms with Crippen molar-refractivity contribution in [1.29, 1.82) is 10.8 Å². The van der Waals surface area contributed by atoms with Crippen LogP contribution in [0, 0.1) is 10.8 Å². The second kappa shape index (κ2) is 11.6. The monoisotopic (exact) mass is 530 g/mol. The van der Waals surface area contributed by atoms with Crippen LogP contribution in [-0.4, -0.2) is 33.8 Å². The van der Waals surface area contributed by atoms with E-state index in [0.717, 1.165) is 31.2 Å². The Morgan fingerprint density at radius 3 is 2.62 bits per heavy atom. The van der Waals surface area contributed by atoms with Crippen LogP contribution in [0.15, 0.2) is 49.1 Å². The lowest BCUT2D eigenvalue weighted by Crippen LogP contribution is -2.44. The number of fused-ring (bicyclic) bond motifs is 2. The van der Waals surface area contributed by atoms with Gasteiger partial charge in [0.1, 0.15) is 12.0 Å². The normalized spacial score (nSPS) is 14.8. The molecule has 0 bridgehead atoms. The lowest BCUT2D eigenvalue weighted by Gasteiger charge is -2.23. The fraction of sp³-hybridized carbons (Fsp3) is 0.379. The van der Waals surface area contributed by atoms with Crippen molar-refractivity contribution in [2.75, 3.05) is 6.79 Å². The maximum atomic E-state index is 13.1. The Morgan fingerprint density at radius 2 is 1.82 bits per heavy atom. The summed E-state index contributed by atoms with van der Waals surface area (Å²) in [6.07, 6.45) is 7.64. The molecule has 2 aliphatic rings. The number of amides is 2. The molecule has 2 amide bonds. The van der Waals surface area contributed by atoms with Crippen molar-refractivity contribution < 1.29 is 19.1 Å². The Balaban J connectivity index is 1.43. The number of hydrogen-bond acceptors (Lipinski definition) is 6. The number of rotatable bonds is 9. The average molecular weight is 531 g/mol. The van der Waals surface area contributed by atoms with Gasteiger partial charge >= 0.3 is 0 Å². The fourth-order valence-corrected chi connectivity index (χ4v) is 5.20. The molecule has 10 heteroatoms. The molecule has 204 valence electrons. The SMILES string of the molecule is C=CCCn1c(=N)c2ccc(C(=O)NCc3ccc4c(c3)OCO4)cc2n(CC(=O)NC2CCCCC2)c1=N. The van der Waals surface area contributed by atoms with Crippen LogP contribution in [0.1, 0.15) is 54.4 Å². The first kappa shape index (κ1) is 26.3. The molecule has 1 aliphatic heterocycles. The highest BCUT2D eigenvalue weighted by Gasteiger charge is 2.19. The molecule has 2 heterocycles. The van der Waals surface area contributed by atoms with E-state index in [1.807, 2.05) is 18.2 Å². The van der Waals surface area contributed by atoms with Gasteiger partial charge < -0.3 is 24.7 Å². The lowest BCUT2D eigenvalue weighted by molar-refractivity contribution is -0.122. The minimum Gasteiger partial charge on any atom is -0.454 e. The van der Waals surface area contributed by atoms with Crippen molar-refractivity contribution in [1.82, 2.24) is 19.8 Å². The highest BCUT2D eigenvalue weighted by molar-refractivity contribution is 5.97. The molecule has 0 spiro atoms. The van der Waals surface area contributed by atoms with Crippen LogP contribution in [0.5, 0.6) is 11.5 Å². The summed E-state index contributed by atoms with van der Waals surface area (Å²) in [6.45, 7) is 4.57. The summed E-state index contributed by atoms with van der Waals surface area (Å²) in [5.74, 6) is 0.858. The average Bonchev–Trinajstić information content (AvgIpc) is 3.42. The van der Waals surface area contributed by atoms with Crippen LogP contribution < -0.4 is 31.2 Å². The van der Waals surface area contributed by atoms with E-state index in [1.165, 1.54) is 6.42 Å². The first-order valence-electron chi connectivity index (χ1n) is 13.4. The van der Waals surface area contributed by atoms with Crippen LogP contribution in [0.4, 0.5) is 0 Å². The number of carbonyl (C=O) groups is 2. The molecular weight excluding hydrogens is 496 g/mol. The molecule has 1 saturated carbocycles. The van der Waals surface area contributed by atoms with E-state index in [9.17, 15) is 9.59 Å². The standard InChI is InChI=1S/C29H34N6O4/c1-2-3-13-34-27(30)22-11-10-20(28(37)32-16-19-9-12-24-25(14-19)39-18-38-24)15-23(22)35(29(34)31)17-26(36)33-21-7-5-4-6-8-21/h2,9-12,14-15,21,30-31H,1,3-8,13,16-18H2,(H,32,37)(H,33,36). The van der Waals surface area contributed by atoms with Gasteiger partial charge in [0.15, 0.2) is 11.5 Å². The van der Waals surface area contributed by atoms with Crippen molar-refractivity contribution in [3.63, 3.8) is 0 Å². The van der Waals surface area contributed by atoms with Crippen molar-refractivity contribution in [2.24, 2.45) is 0 Å². The smallest absolute Gasteiger partial charge is 0.251 e. The van der Waals surface area contributed by atoms with Crippen LogP contribution in [0.3, 0.4) is 0 Å². The highest BCUT2D eigenvalue weighted by Crippen LogP contribution is 2.32. The van der Waals surface area contributed by atoms with E-state index in [2.05, 4.69) is 17.2 Å². The molecule has 4 N–H and O–H groups in total. The van der Waals surface area contributed by atoms with Crippen molar-refractivity contribution >= 4 is 22.7 Å². The number of nitrogens with one attached hydrogen (secondary N) is 4. The molecule has 39 heavy (non-hydrogen) atoms. The second-order valence-electron chi connectivity index (χ2n) is 9.99. The third-order valence-corrected chi connectivity index (χ3v) is 7.31. The Labute approximate surface area is 226 Å². The Hall–Kier alpha value is -4.34. The van der Waals surface area contributed by atoms with Crippen LogP contribution in [0.2, 0.25) is 0 Å². The van der Waals surface area contributed by atoms with Crippen LogP contribution in [-0.2, 0) is 24.4 Å². The van der Waals surface area contributed by atoms with Gasteiger partial charge in [0.05, 0.1) is 5.52 Å². The first-order valence-corrected chi connectivity index (χ1v) is 13.4. The van der Waals surface area contributed by atoms with Gasteiger partial charge in [0, 0.05) is 30.1 Å². The van der Waals surface area contributed by atoms with Gasteiger partial charge in [-0.2, -0.15) is 0 Å². The molecule has 0 saturated heterocycles. The van der Waals surface area contributed by atoms with E-state index < -0.39 is 0 Å². The summed E-state index contributed by atoms with van der Waals surface area (Å²) in [4.78, 5) is 26.2. The zero-order valence-electron chi connectivity index (χ0n) is 21.9. The number of ether oxygens (including phenoxy) is 2. The Kier molecular flexibility index (Phi) is 7.81. The van der Waals surface area contributed by atoms with Gasteiger partial charge in [0.2, 0.25) is 18.3 Å². The second-order valence-corrected chi connectivity index (χ2v) is 9.99. The number of nitrogens with zero attached hydrogens (tertiary/aromatic N) is 2. The summed E-state index contributed by atoms with van der Waals surface area (Å²) < 4.78 is 13.9. The highest BCUT2D eigenvalue weighted by atomic mass is 16.7. The topological polar surface area (TPSA) is 134 Å². The predicted octanol–water partition coefficient (Wildman–Crippen LogP) is 3.09. The molecule has 0 unspecified atom stereocenters. The minimum absolute atomic E-state index is 0.0334. The Bertz CT molecular complexity index is 1530. The van der Waals surface area contributed by atoms with Gasteiger partial charge in [-0.25, -0.2) is 0 Å². The van der Waals surface area contributed by atoms with Gasteiger partial charge in [0.25, 0.3) is 5.91 Å². The quantitative estimate of drug-likeness (QED) is 0.316. The third kappa shape index (κ3) is 5.74. The largest absolute Gasteiger partial charge is 0.454 e. The summed E-state index contributed by atoms with van der Waals surface area (Å²) in [5, 5.41) is 24.2. The van der Waals surface area contributed by atoms with Gasteiger partial charge in [-0.15, -0.1) is 6.58 Å². The van der Waals surface area contributed by atoms with Crippen molar-refractivity contribution in [3.8, 4) is 11.5 Å². The number of benzene rings is 2. The van der Waals surface area contributed by atoms with Crippen LogP contribution >= 0.6 is 0 Å². The molecule has 0 atom stereocenters. The fourth-order valence-electron chi connectivity index (χ4n) is 5.20. The number of aromatic nitrogens is 2. The van der Waals surface area contributed by atoms with Gasteiger partial charge in [-0.1, -0.05) is 31.4 Å². The summed E-state index contributed by atoms with van der Waals surface area (Å²) in [7, 11) is 0. The predicted molar refractivity (Wildman–Crippen MR) is 145 cm³/mol. The Morgan fingerprint density at radius 1 is 1.03 bits per heavy atom. The molecule has 5 rings (SSSR count). The maximum Gasteiger partial charge on any atom is 0.251 e. The summed E-state index contributed by atoms with van der Waals surface area (Å²) in [5.41, 5.74) is 1.94. The number of hydrogen-bond donors (Lipinski definition) is 4. The van der Waals surface area contributed by atoms with Gasteiger partial charge in [-0.3, -0.25) is 25.0 Å². The van der Waals surface area contributed by atoms with E-state index >= 15 is 0 Å². The van der Waals surface area contributed by atoms with E-state index in [-0.39, 0.29) is 42.3 Å². The molecule has 1 fully saturated rings. The molecule has 3 aromatic rings. The zero-order valence-corrected chi connectivity index (χ0v) is 21.9. The minimum atomic E-state index is -0.297. The maximum absolute atomic E-state index is 13.1. The number of allylic oxidation sites excluding steroid dienone is 1. The van der Waals surface area contributed by atoms with Crippen LogP contribution in [0.25, 0.3) is 10.9 Å². The van der Waals surface area contributed by atoms with Crippen molar-refractivity contribution in [3.05, 3.63) is 71.3 Å². The van der Waals surface area contributed by atoms with E-state index in [0.29, 0.717) is 47.5 Å². The zero-order chi connectivity index (χ0) is 27.4. The van der Waals surface area contributed by atoms with Crippen molar-refractivity contribution in [2.45, 2.75) is 64.2 Å². The first-order chi connectivity index (χ1) is 18.9. The summed E-state index contributed by atoms with van der Waals surface area (Å²) in [6, 6.07) is 10.7. The van der Waals surface area contributed by atoms with E-state index in [1.54, 1.807) is 33.4 Å². The third-order valence-electron chi connectivity index (χ3n) is 7.31. The van der Waals surface area contributed by atoms with Gasteiger partial charge in [-0.05, 0) is 55.2 Å². The lowest BCUT2D eigenvalue weighted by atomic mass is 9.95.